The number of ether oxygens (including phenoxy) is 2. The summed E-state index contributed by atoms with van der Waals surface area (Å²) in [7, 11) is 2.04. The fourth-order valence-electron chi connectivity index (χ4n) is 2.14. The van der Waals surface area contributed by atoms with Crippen LogP contribution in [0.25, 0.3) is 0 Å². The maximum Gasteiger partial charge on any atom is 0.323 e. The average Bonchev–Trinajstić information content (AvgIpc) is 2.26. The second-order valence-electron chi connectivity index (χ2n) is 4.11. The summed E-state index contributed by atoms with van der Waals surface area (Å²) in [6.45, 7) is 0. The van der Waals surface area contributed by atoms with Crippen molar-refractivity contribution in [3.8, 4) is 0 Å². The van der Waals surface area contributed by atoms with E-state index in [1.165, 1.54) is 0 Å². The van der Waals surface area contributed by atoms with Gasteiger partial charge in [0.1, 0.15) is 0 Å². The van der Waals surface area contributed by atoms with Crippen molar-refractivity contribution in [3.63, 3.8) is 0 Å². The molecule has 0 aromatic heterocycles. The third kappa shape index (κ3) is 1.60. The van der Waals surface area contributed by atoms with Crippen molar-refractivity contribution in [2.24, 2.45) is 10.8 Å². The number of hydrogen-bond donors (Lipinski definition) is 2. The lowest BCUT2D eigenvalue weighted by molar-refractivity contribution is -0.200. The van der Waals surface area contributed by atoms with Gasteiger partial charge in [0.15, 0.2) is 10.8 Å². The molecule has 0 aliphatic heterocycles. The normalized spacial score (nSPS) is 19.2. The number of esters is 2. The van der Waals surface area contributed by atoms with Crippen LogP contribution in [0.4, 0.5) is 0 Å². The first kappa shape index (κ1) is 13.9. The highest BCUT2D eigenvalue weighted by Crippen LogP contribution is 2.56. The zero-order valence-electron chi connectivity index (χ0n) is 9.76. The Morgan fingerprint density at radius 2 is 1.17 bits per heavy atom. The van der Waals surface area contributed by atoms with Gasteiger partial charge in [-0.25, -0.2) is 0 Å². The van der Waals surface area contributed by atoms with Crippen LogP contribution in [0.3, 0.4) is 0 Å². The number of methoxy groups -OCH3 is 2. The molecular weight excluding hydrogens is 248 g/mol. The standard InChI is InChI=1S/C10H12O8/c1-17-7(15)10(8(16)18-2)3-9(4-10,5(11)12)6(13)14/h3-4H2,1-2H3,(H,11,12)(H,13,14). The summed E-state index contributed by atoms with van der Waals surface area (Å²) in [5.41, 5.74) is -4.00. The summed E-state index contributed by atoms with van der Waals surface area (Å²) in [6, 6.07) is 0. The van der Waals surface area contributed by atoms with E-state index < -0.39 is 47.5 Å². The van der Waals surface area contributed by atoms with Crippen LogP contribution in [-0.4, -0.2) is 48.3 Å². The molecule has 0 aromatic carbocycles. The van der Waals surface area contributed by atoms with Crippen molar-refractivity contribution in [3.05, 3.63) is 0 Å². The summed E-state index contributed by atoms with van der Waals surface area (Å²) < 4.78 is 8.82. The highest BCUT2D eigenvalue weighted by atomic mass is 16.5. The van der Waals surface area contributed by atoms with Crippen LogP contribution in [0.15, 0.2) is 0 Å². The average molecular weight is 260 g/mol. The topological polar surface area (TPSA) is 127 Å². The van der Waals surface area contributed by atoms with Gasteiger partial charge in [0.05, 0.1) is 14.2 Å². The number of carboxylic acid groups (broad SMARTS) is 2. The van der Waals surface area contributed by atoms with Crippen LogP contribution < -0.4 is 0 Å². The lowest BCUT2D eigenvalue weighted by Crippen LogP contribution is -2.62. The van der Waals surface area contributed by atoms with Crippen LogP contribution in [-0.2, 0) is 28.7 Å². The molecule has 0 atom stereocenters. The number of hydrogen-bond acceptors (Lipinski definition) is 6. The minimum absolute atomic E-state index is 0.677. The SMILES string of the molecule is COC(=O)C1(C(=O)OC)CC(C(=O)O)(C(=O)O)C1. The van der Waals surface area contributed by atoms with Gasteiger partial charge in [0, 0.05) is 12.8 Å². The summed E-state index contributed by atoms with van der Waals surface area (Å²) in [4.78, 5) is 45.0. The largest absolute Gasteiger partial charge is 0.480 e. The molecule has 8 nitrogen and oxygen atoms in total. The number of carboxylic acids is 2. The van der Waals surface area contributed by atoms with E-state index in [0.717, 1.165) is 14.2 Å². The molecule has 1 aliphatic carbocycles. The molecule has 2 N–H and O–H groups in total. The molecule has 1 saturated carbocycles. The fraction of sp³-hybridized carbons (Fsp3) is 0.600. The molecule has 1 aliphatic rings. The predicted octanol–water partition coefficient (Wildman–Crippen LogP) is -0.732. The molecule has 8 heteroatoms. The van der Waals surface area contributed by atoms with Crippen molar-refractivity contribution in [2.75, 3.05) is 14.2 Å². The Morgan fingerprint density at radius 3 is 1.39 bits per heavy atom. The maximum absolute atomic E-state index is 11.5. The Morgan fingerprint density at radius 1 is 0.833 bits per heavy atom. The summed E-state index contributed by atoms with van der Waals surface area (Å²) in [6.07, 6.45) is -1.35. The minimum atomic E-state index is -2.15. The van der Waals surface area contributed by atoms with Crippen LogP contribution in [0.5, 0.6) is 0 Å². The van der Waals surface area contributed by atoms with E-state index in [1.807, 2.05) is 0 Å². The van der Waals surface area contributed by atoms with Crippen molar-refractivity contribution in [1.29, 1.82) is 0 Å². The van der Waals surface area contributed by atoms with Crippen molar-refractivity contribution >= 4 is 23.9 Å². The maximum atomic E-state index is 11.5. The van der Waals surface area contributed by atoms with Crippen LogP contribution in [0, 0.1) is 10.8 Å². The molecular formula is C10H12O8. The van der Waals surface area contributed by atoms with Gasteiger partial charge in [-0.2, -0.15) is 0 Å². The van der Waals surface area contributed by atoms with E-state index in [1.54, 1.807) is 0 Å². The quantitative estimate of drug-likeness (QED) is 0.500. The molecule has 0 radical (unpaired) electrons. The zero-order valence-corrected chi connectivity index (χ0v) is 9.76. The summed E-state index contributed by atoms with van der Waals surface area (Å²) in [5.74, 6) is -5.18. The Bertz CT molecular complexity index is 384. The van der Waals surface area contributed by atoms with Crippen molar-refractivity contribution < 1.29 is 38.9 Å². The Kier molecular flexibility index (Phi) is 3.32. The smallest absolute Gasteiger partial charge is 0.323 e. The highest BCUT2D eigenvalue weighted by Gasteiger charge is 2.72. The van der Waals surface area contributed by atoms with Crippen LogP contribution >= 0.6 is 0 Å². The first-order valence-electron chi connectivity index (χ1n) is 4.90. The number of aliphatic carboxylic acids is 2. The van der Waals surface area contributed by atoms with Crippen LogP contribution in [0.1, 0.15) is 12.8 Å². The minimum Gasteiger partial charge on any atom is -0.480 e. The molecule has 1 fully saturated rings. The van der Waals surface area contributed by atoms with Crippen LogP contribution in [0.2, 0.25) is 0 Å². The molecule has 0 bridgehead atoms. The summed E-state index contributed by atoms with van der Waals surface area (Å²) >= 11 is 0. The zero-order chi connectivity index (χ0) is 14.1. The lowest BCUT2D eigenvalue weighted by Gasteiger charge is -2.46. The Labute approximate surface area is 101 Å². The first-order valence-corrected chi connectivity index (χ1v) is 4.90. The third-order valence-corrected chi connectivity index (χ3v) is 3.18. The molecule has 0 aromatic rings. The van der Waals surface area contributed by atoms with Gasteiger partial charge in [0.2, 0.25) is 0 Å². The Balaban J connectivity index is 3.11. The molecule has 1 rings (SSSR count). The summed E-state index contributed by atoms with van der Waals surface area (Å²) in [5, 5.41) is 17.8. The van der Waals surface area contributed by atoms with Gasteiger partial charge < -0.3 is 19.7 Å². The monoisotopic (exact) mass is 260 g/mol. The van der Waals surface area contributed by atoms with Gasteiger partial charge in [0.25, 0.3) is 0 Å². The van der Waals surface area contributed by atoms with E-state index >= 15 is 0 Å². The number of carbonyl (C=O) groups excluding carboxylic acids is 2. The molecule has 0 saturated heterocycles. The molecule has 0 amide bonds. The predicted molar refractivity (Wildman–Crippen MR) is 53.4 cm³/mol. The molecule has 0 unspecified atom stereocenters. The third-order valence-electron chi connectivity index (χ3n) is 3.18. The number of rotatable bonds is 4. The molecule has 0 heterocycles. The van der Waals surface area contributed by atoms with E-state index in [2.05, 4.69) is 9.47 Å². The van der Waals surface area contributed by atoms with Gasteiger partial charge in [-0.05, 0) is 0 Å². The highest BCUT2D eigenvalue weighted by molar-refractivity contribution is 6.09. The molecule has 100 valence electrons. The number of carbonyl (C=O) groups is 4. The molecule has 0 spiro atoms. The first-order chi connectivity index (χ1) is 8.26. The van der Waals surface area contributed by atoms with Gasteiger partial charge in [-0.15, -0.1) is 0 Å². The molecule has 18 heavy (non-hydrogen) atoms. The van der Waals surface area contributed by atoms with E-state index in [9.17, 15) is 19.2 Å². The van der Waals surface area contributed by atoms with E-state index in [0.29, 0.717) is 0 Å². The second kappa shape index (κ2) is 4.28. The van der Waals surface area contributed by atoms with Gasteiger partial charge >= 0.3 is 23.9 Å². The Hall–Kier alpha value is -2.12. The van der Waals surface area contributed by atoms with Gasteiger partial charge in [-0.3, -0.25) is 19.2 Å². The fourth-order valence-corrected chi connectivity index (χ4v) is 2.14. The van der Waals surface area contributed by atoms with Crippen molar-refractivity contribution in [2.45, 2.75) is 12.8 Å². The van der Waals surface area contributed by atoms with Crippen molar-refractivity contribution in [1.82, 2.24) is 0 Å². The lowest BCUT2D eigenvalue weighted by atomic mass is 9.52. The second-order valence-corrected chi connectivity index (χ2v) is 4.11. The van der Waals surface area contributed by atoms with E-state index in [-0.39, 0.29) is 0 Å². The van der Waals surface area contributed by atoms with E-state index in [4.69, 9.17) is 10.2 Å². The van der Waals surface area contributed by atoms with Gasteiger partial charge in [-0.1, -0.05) is 0 Å².